The van der Waals surface area contributed by atoms with Gasteiger partial charge in [0.15, 0.2) is 0 Å². The van der Waals surface area contributed by atoms with Crippen molar-refractivity contribution in [2.45, 2.75) is 6.61 Å². The van der Waals surface area contributed by atoms with Crippen LogP contribution in [-0.4, -0.2) is 12.1 Å². The molecule has 0 unspecified atom stereocenters. The van der Waals surface area contributed by atoms with E-state index in [0.29, 0.717) is 12.3 Å². The van der Waals surface area contributed by atoms with E-state index in [1.165, 1.54) is 0 Å². The molecule has 0 saturated carbocycles. The largest absolute Gasteiger partial charge is 0.399 e. The van der Waals surface area contributed by atoms with Crippen LogP contribution < -0.4 is 11.1 Å². The molecule has 1 heterocycles. The Labute approximate surface area is 100 Å². The second-order valence-corrected chi connectivity index (χ2v) is 3.69. The maximum atomic E-state index is 5.70. The Bertz CT molecular complexity index is 500. The Morgan fingerprint density at radius 2 is 2.12 bits per heavy atom. The standard InChI is InChI=1S/C13H15N3O/c1-17-9-10-4-2-3-5-12(10)16-13-8-11(14)6-7-15-13/h2-8H,9H2,1H3,(H3,14,15,16). The van der Waals surface area contributed by atoms with Crippen LogP contribution in [0.5, 0.6) is 0 Å². The van der Waals surface area contributed by atoms with Crippen LogP contribution in [-0.2, 0) is 11.3 Å². The molecule has 0 fully saturated rings. The van der Waals surface area contributed by atoms with E-state index in [1.54, 1.807) is 25.4 Å². The molecule has 2 rings (SSSR count). The molecule has 0 saturated heterocycles. The normalized spacial score (nSPS) is 10.2. The van der Waals surface area contributed by atoms with Crippen LogP contribution in [0, 0.1) is 0 Å². The van der Waals surface area contributed by atoms with Gasteiger partial charge in [0.2, 0.25) is 0 Å². The maximum Gasteiger partial charge on any atom is 0.132 e. The molecule has 4 nitrogen and oxygen atoms in total. The number of nitrogens with one attached hydrogen (secondary N) is 1. The molecule has 2 aromatic rings. The summed E-state index contributed by atoms with van der Waals surface area (Å²) < 4.78 is 5.14. The van der Waals surface area contributed by atoms with Gasteiger partial charge < -0.3 is 15.8 Å². The summed E-state index contributed by atoms with van der Waals surface area (Å²) in [7, 11) is 1.68. The third-order valence-electron chi connectivity index (χ3n) is 2.36. The molecule has 0 bridgehead atoms. The van der Waals surface area contributed by atoms with E-state index < -0.39 is 0 Å². The maximum absolute atomic E-state index is 5.70. The first-order valence-electron chi connectivity index (χ1n) is 5.35. The Morgan fingerprint density at radius 1 is 1.29 bits per heavy atom. The van der Waals surface area contributed by atoms with Gasteiger partial charge in [0, 0.05) is 36.3 Å². The zero-order chi connectivity index (χ0) is 12.1. The van der Waals surface area contributed by atoms with Gasteiger partial charge in [0.05, 0.1) is 6.61 Å². The lowest BCUT2D eigenvalue weighted by atomic mass is 10.2. The van der Waals surface area contributed by atoms with E-state index in [1.807, 2.05) is 24.3 Å². The number of pyridine rings is 1. The smallest absolute Gasteiger partial charge is 0.132 e. The number of anilines is 3. The van der Waals surface area contributed by atoms with Crippen molar-refractivity contribution in [2.24, 2.45) is 0 Å². The molecule has 1 aromatic heterocycles. The van der Waals surface area contributed by atoms with Gasteiger partial charge in [-0.05, 0) is 12.1 Å². The fourth-order valence-electron chi connectivity index (χ4n) is 1.58. The fraction of sp³-hybridized carbons (Fsp3) is 0.154. The number of hydrogen-bond acceptors (Lipinski definition) is 4. The van der Waals surface area contributed by atoms with Gasteiger partial charge >= 0.3 is 0 Å². The second-order valence-electron chi connectivity index (χ2n) is 3.69. The van der Waals surface area contributed by atoms with Crippen LogP contribution in [0.15, 0.2) is 42.6 Å². The molecule has 0 spiro atoms. The molecule has 88 valence electrons. The number of methoxy groups -OCH3 is 1. The summed E-state index contributed by atoms with van der Waals surface area (Å²) in [6, 6.07) is 11.5. The van der Waals surface area contributed by atoms with Crippen molar-refractivity contribution in [3.05, 3.63) is 48.2 Å². The Morgan fingerprint density at radius 3 is 2.88 bits per heavy atom. The van der Waals surface area contributed by atoms with Crippen LogP contribution in [0.4, 0.5) is 17.2 Å². The summed E-state index contributed by atoms with van der Waals surface area (Å²) in [6.07, 6.45) is 1.68. The minimum Gasteiger partial charge on any atom is -0.399 e. The number of nitrogen functional groups attached to an aromatic ring is 1. The number of para-hydroxylation sites is 1. The number of aromatic nitrogens is 1. The number of nitrogens with zero attached hydrogens (tertiary/aromatic N) is 1. The van der Waals surface area contributed by atoms with Gasteiger partial charge in [0.25, 0.3) is 0 Å². The van der Waals surface area contributed by atoms with Gasteiger partial charge in [0.1, 0.15) is 5.82 Å². The molecule has 0 aliphatic heterocycles. The van der Waals surface area contributed by atoms with Crippen molar-refractivity contribution in [1.82, 2.24) is 4.98 Å². The van der Waals surface area contributed by atoms with E-state index >= 15 is 0 Å². The molecule has 1 aromatic carbocycles. The summed E-state index contributed by atoms with van der Waals surface area (Å²) in [4.78, 5) is 4.20. The van der Waals surface area contributed by atoms with Crippen molar-refractivity contribution in [3.8, 4) is 0 Å². The monoisotopic (exact) mass is 229 g/mol. The highest BCUT2D eigenvalue weighted by Crippen LogP contribution is 2.20. The lowest BCUT2D eigenvalue weighted by Gasteiger charge is -2.10. The number of benzene rings is 1. The van der Waals surface area contributed by atoms with E-state index in [9.17, 15) is 0 Å². The van der Waals surface area contributed by atoms with Gasteiger partial charge in [-0.2, -0.15) is 0 Å². The minimum atomic E-state index is 0.561. The fourth-order valence-corrected chi connectivity index (χ4v) is 1.58. The lowest BCUT2D eigenvalue weighted by molar-refractivity contribution is 0.185. The van der Waals surface area contributed by atoms with E-state index in [2.05, 4.69) is 10.3 Å². The van der Waals surface area contributed by atoms with Crippen LogP contribution in [0.3, 0.4) is 0 Å². The SMILES string of the molecule is COCc1ccccc1Nc1cc(N)ccn1. The van der Waals surface area contributed by atoms with Gasteiger partial charge in [-0.15, -0.1) is 0 Å². The van der Waals surface area contributed by atoms with Crippen LogP contribution in [0.2, 0.25) is 0 Å². The van der Waals surface area contributed by atoms with Crippen molar-refractivity contribution >= 4 is 17.2 Å². The van der Waals surface area contributed by atoms with Gasteiger partial charge in [-0.3, -0.25) is 0 Å². The summed E-state index contributed by atoms with van der Waals surface area (Å²) in [5, 5.41) is 3.23. The highest BCUT2D eigenvalue weighted by molar-refractivity contribution is 5.62. The van der Waals surface area contributed by atoms with Crippen LogP contribution >= 0.6 is 0 Å². The molecule has 0 radical (unpaired) electrons. The van der Waals surface area contributed by atoms with Gasteiger partial charge in [-0.1, -0.05) is 18.2 Å². The third-order valence-corrected chi connectivity index (χ3v) is 2.36. The molecule has 0 atom stereocenters. The molecular weight excluding hydrogens is 214 g/mol. The molecule has 0 aliphatic carbocycles. The average Bonchev–Trinajstić information content (AvgIpc) is 2.32. The summed E-state index contributed by atoms with van der Waals surface area (Å²) in [5.74, 6) is 0.730. The topological polar surface area (TPSA) is 60.2 Å². The zero-order valence-electron chi connectivity index (χ0n) is 9.68. The van der Waals surface area contributed by atoms with Crippen molar-refractivity contribution in [3.63, 3.8) is 0 Å². The predicted molar refractivity (Wildman–Crippen MR) is 69.1 cm³/mol. The first kappa shape index (κ1) is 11.4. The summed E-state index contributed by atoms with van der Waals surface area (Å²) in [5.41, 5.74) is 8.45. The number of rotatable bonds is 4. The summed E-state index contributed by atoms with van der Waals surface area (Å²) in [6.45, 7) is 0.561. The Kier molecular flexibility index (Phi) is 3.57. The van der Waals surface area contributed by atoms with Crippen molar-refractivity contribution in [1.29, 1.82) is 0 Å². The highest BCUT2D eigenvalue weighted by atomic mass is 16.5. The first-order chi connectivity index (χ1) is 8.29. The molecule has 0 amide bonds. The molecule has 0 aliphatic rings. The van der Waals surface area contributed by atoms with Crippen LogP contribution in [0.1, 0.15) is 5.56 Å². The number of hydrogen-bond donors (Lipinski definition) is 2. The lowest BCUT2D eigenvalue weighted by Crippen LogP contribution is -1.99. The average molecular weight is 229 g/mol. The summed E-state index contributed by atoms with van der Waals surface area (Å²) >= 11 is 0. The van der Waals surface area contributed by atoms with Crippen molar-refractivity contribution in [2.75, 3.05) is 18.2 Å². The van der Waals surface area contributed by atoms with E-state index in [4.69, 9.17) is 10.5 Å². The van der Waals surface area contributed by atoms with Crippen molar-refractivity contribution < 1.29 is 4.74 Å². The Hall–Kier alpha value is -2.07. The zero-order valence-corrected chi connectivity index (χ0v) is 9.68. The predicted octanol–water partition coefficient (Wildman–Crippen LogP) is 2.55. The molecule has 17 heavy (non-hydrogen) atoms. The Balaban J connectivity index is 2.23. The minimum absolute atomic E-state index is 0.561. The first-order valence-corrected chi connectivity index (χ1v) is 5.35. The molecule has 3 N–H and O–H groups in total. The third kappa shape index (κ3) is 2.95. The number of ether oxygens (including phenoxy) is 1. The quantitative estimate of drug-likeness (QED) is 0.845. The second kappa shape index (κ2) is 5.32. The molecule has 4 heteroatoms. The van der Waals surface area contributed by atoms with Crippen LogP contribution in [0.25, 0.3) is 0 Å². The molecular formula is C13H15N3O. The number of nitrogens with two attached hydrogens (primary N) is 1. The van der Waals surface area contributed by atoms with Gasteiger partial charge in [-0.25, -0.2) is 4.98 Å². The highest BCUT2D eigenvalue weighted by Gasteiger charge is 2.02. The van der Waals surface area contributed by atoms with E-state index in [0.717, 1.165) is 17.1 Å². The van der Waals surface area contributed by atoms with E-state index in [-0.39, 0.29) is 0 Å².